The van der Waals surface area contributed by atoms with Crippen molar-refractivity contribution >= 4 is 0 Å². The van der Waals surface area contributed by atoms with Gasteiger partial charge in [0.25, 0.3) is 0 Å². The average Bonchev–Trinajstić information content (AvgIpc) is 2.98. The summed E-state index contributed by atoms with van der Waals surface area (Å²) in [6.07, 6.45) is 17.2. The van der Waals surface area contributed by atoms with Crippen molar-refractivity contribution in [1.82, 2.24) is 4.90 Å². The summed E-state index contributed by atoms with van der Waals surface area (Å²) in [5.74, 6) is 6.58. The zero-order valence-corrected chi connectivity index (χ0v) is 18.3. The van der Waals surface area contributed by atoms with Crippen LogP contribution in [-0.2, 0) is 0 Å². The lowest BCUT2D eigenvalue weighted by Gasteiger charge is -2.52. The normalized spacial score (nSPS) is 26.6. The molecule has 0 bridgehead atoms. The van der Waals surface area contributed by atoms with Crippen molar-refractivity contribution in [1.29, 1.82) is 0 Å². The van der Waals surface area contributed by atoms with Crippen LogP contribution in [0, 0.1) is 41.9 Å². The number of unbranched alkanes of at least 4 members (excludes halogenated alkanes) is 1. The molecule has 0 amide bonds. The number of hydrogen-bond donors (Lipinski definition) is 0. The number of rotatable bonds is 6. The van der Waals surface area contributed by atoms with E-state index >= 15 is 0 Å². The van der Waals surface area contributed by atoms with E-state index in [1.54, 1.807) is 0 Å². The van der Waals surface area contributed by atoms with E-state index < -0.39 is 0 Å². The topological polar surface area (TPSA) is 3.24 Å². The highest BCUT2D eigenvalue weighted by atomic mass is 15.1. The highest BCUT2D eigenvalue weighted by molar-refractivity contribution is 5.55. The molecule has 0 aromatic carbocycles. The van der Waals surface area contributed by atoms with Gasteiger partial charge in [0, 0.05) is 11.5 Å². The van der Waals surface area contributed by atoms with Gasteiger partial charge in [-0.2, -0.15) is 0 Å². The van der Waals surface area contributed by atoms with Crippen molar-refractivity contribution in [3.63, 3.8) is 0 Å². The molecule has 0 aromatic rings. The Bertz CT molecular complexity index is 715. The van der Waals surface area contributed by atoms with Gasteiger partial charge in [0.2, 0.25) is 0 Å². The summed E-state index contributed by atoms with van der Waals surface area (Å²) in [6.45, 7) is 17.1. The fourth-order valence-corrected chi connectivity index (χ4v) is 5.92. The van der Waals surface area contributed by atoms with Gasteiger partial charge >= 0.3 is 0 Å². The summed E-state index contributed by atoms with van der Waals surface area (Å²) in [5.41, 5.74) is 6.29. The van der Waals surface area contributed by atoms with E-state index in [9.17, 15) is 0 Å². The molecular weight excluding hydrogens is 326 g/mol. The Kier molecular flexibility index (Phi) is 6.83. The number of fused-ring (bicyclic) bond motifs is 1. The quantitative estimate of drug-likeness (QED) is 0.413. The molecule has 1 heteroatoms. The number of terminal acetylenes is 2. The van der Waals surface area contributed by atoms with Gasteiger partial charge in [-0.1, -0.05) is 63.7 Å². The number of nitrogens with zero attached hydrogens (tertiary/aromatic N) is 1. The Morgan fingerprint density at radius 2 is 1.85 bits per heavy atom. The first-order valence-electron chi connectivity index (χ1n) is 10.5. The molecule has 1 nitrogen and oxygen atoms in total. The van der Waals surface area contributed by atoms with Gasteiger partial charge in [-0.05, 0) is 69.2 Å². The summed E-state index contributed by atoms with van der Waals surface area (Å²) in [4.78, 5) is 2.62. The highest BCUT2D eigenvalue weighted by Gasteiger charge is 2.51. The Morgan fingerprint density at radius 1 is 1.22 bits per heavy atom. The monoisotopic (exact) mass is 363 g/mol. The Morgan fingerprint density at radius 3 is 2.37 bits per heavy atom. The summed E-state index contributed by atoms with van der Waals surface area (Å²) in [6, 6.07) is 0.528. The minimum Gasteiger partial charge on any atom is -0.302 e. The van der Waals surface area contributed by atoms with Crippen LogP contribution in [0.25, 0.3) is 0 Å². The lowest BCUT2D eigenvalue weighted by Crippen LogP contribution is -2.53. The highest BCUT2D eigenvalue weighted by Crippen LogP contribution is 2.57. The molecule has 2 rings (SSSR count). The van der Waals surface area contributed by atoms with E-state index in [2.05, 4.69) is 65.0 Å². The van der Waals surface area contributed by atoms with Crippen LogP contribution < -0.4 is 0 Å². The molecule has 2 aliphatic rings. The number of hydrogen-bond acceptors (Lipinski definition) is 1. The van der Waals surface area contributed by atoms with Crippen molar-refractivity contribution in [3.05, 3.63) is 34.4 Å². The van der Waals surface area contributed by atoms with E-state index in [0.29, 0.717) is 23.5 Å². The average molecular weight is 364 g/mol. The summed E-state index contributed by atoms with van der Waals surface area (Å²) in [5, 5.41) is 0. The molecule has 1 saturated carbocycles. The Labute approximate surface area is 168 Å². The molecule has 27 heavy (non-hydrogen) atoms. The minimum atomic E-state index is 0.0912. The van der Waals surface area contributed by atoms with Gasteiger partial charge in [0.1, 0.15) is 0 Å². The molecule has 0 aliphatic heterocycles. The molecule has 146 valence electrons. The van der Waals surface area contributed by atoms with Crippen molar-refractivity contribution in [2.75, 3.05) is 13.6 Å². The molecule has 3 unspecified atom stereocenters. The van der Waals surface area contributed by atoms with Crippen molar-refractivity contribution in [3.8, 4) is 24.7 Å². The maximum Gasteiger partial charge on any atom is 0.0770 e. The summed E-state index contributed by atoms with van der Waals surface area (Å²) < 4.78 is 0. The molecule has 2 aliphatic carbocycles. The zero-order chi connectivity index (χ0) is 20.4. The van der Waals surface area contributed by atoms with Crippen LogP contribution in [0.2, 0.25) is 0 Å². The van der Waals surface area contributed by atoms with Gasteiger partial charge < -0.3 is 4.90 Å². The molecule has 0 heterocycles. The second-order valence-corrected chi connectivity index (χ2v) is 8.96. The molecule has 1 fully saturated rings. The third-order valence-corrected chi connectivity index (χ3v) is 6.93. The summed E-state index contributed by atoms with van der Waals surface area (Å²) >= 11 is 0. The fraction of sp³-hybridized carbons (Fsp3) is 0.615. The van der Waals surface area contributed by atoms with Gasteiger partial charge in [0.15, 0.2) is 0 Å². The largest absolute Gasteiger partial charge is 0.302 e. The predicted molar refractivity (Wildman–Crippen MR) is 118 cm³/mol. The van der Waals surface area contributed by atoms with Crippen molar-refractivity contribution in [2.24, 2.45) is 17.3 Å². The minimum absolute atomic E-state index is 0.0912. The first kappa shape index (κ1) is 21.6. The molecule has 0 N–H and O–H groups in total. The molecule has 0 radical (unpaired) electrons. The van der Waals surface area contributed by atoms with Gasteiger partial charge in [0.05, 0.1) is 5.57 Å². The van der Waals surface area contributed by atoms with Gasteiger partial charge in [-0.3, -0.25) is 0 Å². The van der Waals surface area contributed by atoms with E-state index in [4.69, 9.17) is 12.8 Å². The molecule has 0 saturated heterocycles. The molecule has 0 aromatic heterocycles. The van der Waals surface area contributed by atoms with E-state index in [0.717, 1.165) is 31.4 Å². The van der Waals surface area contributed by atoms with Crippen LogP contribution in [-0.4, -0.2) is 24.5 Å². The second-order valence-electron chi connectivity index (χ2n) is 8.96. The Hall–Kier alpha value is -1.70. The van der Waals surface area contributed by atoms with Crippen LogP contribution in [0.5, 0.6) is 0 Å². The van der Waals surface area contributed by atoms with E-state index in [-0.39, 0.29) is 5.41 Å². The summed E-state index contributed by atoms with van der Waals surface area (Å²) in [7, 11) is 2.31. The SMILES string of the molecule is C#CC(C#C)=C(C)C1=C(CC)C(C)(C)C(N(C)CCCC)C2CC(=C)CC12. The lowest BCUT2D eigenvalue weighted by molar-refractivity contribution is 0.0547. The van der Waals surface area contributed by atoms with Crippen LogP contribution in [0.1, 0.15) is 66.7 Å². The number of allylic oxidation sites excluding steroid dienone is 4. The third-order valence-electron chi connectivity index (χ3n) is 6.93. The smallest absolute Gasteiger partial charge is 0.0770 e. The maximum absolute atomic E-state index is 5.74. The van der Waals surface area contributed by atoms with Gasteiger partial charge in [-0.15, -0.1) is 12.8 Å². The Balaban J connectivity index is 2.68. The van der Waals surface area contributed by atoms with Crippen LogP contribution >= 0.6 is 0 Å². The lowest BCUT2D eigenvalue weighted by atomic mass is 9.59. The molecular formula is C26H37N. The van der Waals surface area contributed by atoms with Crippen molar-refractivity contribution in [2.45, 2.75) is 72.8 Å². The zero-order valence-electron chi connectivity index (χ0n) is 18.3. The van der Waals surface area contributed by atoms with E-state index in [1.807, 2.05) is 0 Å². The molecule has 3 atom stereocenters. The predicted octanol–water partition coefficient (Wildman–Crippen LogP) is 6.00. The second kappa shape index (κ2) is 8.54. The third kappa shape index (κ3) is 3.81. The first-order valence-corrected chi connectivity index (χ1v) is 10.5. The first-order chi connectivity index (χ1) is 12.7. The van der Waals surface area contributed by atoms with Crippen LogP contribution in [0.15, 0.2) is 34.4 Å². The van der Waals surface area contributed by atoms with Crippen LogP contribution in [0.3, 0.4) is 0 Å². The van der Waals surface area contributed by atoms with Gasteiger partial charge in [-0.25, -0.2) is 0 Å². The standard InChI is InChI=1S/C26H37N/c1-10-14-15-27(9)25-22-17-18(5)16-21(22)24(19(6)20(11-2)12-3)23(13-4)26(25,7)8/h2-3,21-22,25H,5,10,13-17H2,1,4,6-9H3. The fourth-order valence-electron chi connectivity index (χ4n) is 5.92. The maximum atomic E-state index is 5.74. The van der Waals surface area contributed by atoms with E-state index in [1.165, 1.54) is 29.6 Å². The van der Waals surface area contributed by atoms with Crippen molar-refractivity contribution < 1.29 is 0 Å². The molecule has 0 spiro atoms. The van der Waals surface area contributed by atoms with Crippen LogP contribution in [0.4, 0.5) is 0 Å².